The summed E-state index contributed by atoms with van der Waals surface area (Å²) in [6, 6.07) is 9.09. The second-order valence-corrected chi connectivity index (χ2v) is 8.80. The van der Waals surface area contributed by atoms with Gasteiger partial charge in [-0.2, -0.15) is 18.4 Å². The zero-order valence-corrected chi connectivity index (χ0v) is 19.9. The molecule has 38 heavy (non-hydrogen) atoms. The first-order valence-corrected chi connectivity index (χ1v) is 11.3. The average Bonchev–Trinajstić information content (AvgIpc) is 3.20. The van der Waals surface area contributed by atoms with E-state index in [2.05, 4.69) is 15.3 Å². The maximum atomic E-state index is 13.6. The van der Waals surface area contributed by atoms with E-state index in [1.54, 1.807) is 37.3 Å². The van der Waals surface area contributed by atoms with Crippen LogP contribution < -0.4 is 5.32 Å². The average molecular weight is 529 g/mol. The normalized spacial score (nSPS) is 17.3. The molecule has 12 heteroatoms. The molecule has 1 unspecified atom stereocenters. The molecule has 3 heterocycles. The summed E-state index contributed by atoms with van der Waals surface area (Å²) in [4.78, 5) is 33.8. The molecule has 3 aromatic rings. The second kappa shape index (κ2) is 10.2. The summed E-state index contributed by atoms with van der Waals surface area (Å²) in [6.45, 7) is 0.242. The number of halogens is 5. The predicted molar refractivity (Wildman–Crippen MR) is 128 cm³/mol. The van der Waals surface area contributed by atoms with Crippen molar-refractivity contribution in [2.75, 3.05) is 13.1 Å². The van der Waals surface area contributed by atoms with Crippen LogP contribution in [0.4, 0.5) is 22.0 Å². The number of carbonyl (C=O) groups is 2. The minimum absolute atomic E-state index is 0.176. The third kappa shape index (κ3) is 5.77. The molecule has 1 atom stereocenters. The lowest BCUT2D eigenvalue weighted by atomic mass is 10.0. The van der Waals surface area contributed by atoms with Gasteiger partial charge in [0.2, 0.25) is 5.91 Å². The van der Waals surface area contributed by atoms with E-state index in [1.165, 1.54) is 18.3 Å². The largest absolute Gasteiger partial charge is 0.433 e. The first kappa shape index (κ1) is 26.7. The molecule has 0 radical (unpaired) electrons. The van der Waals surface area contributed by atoms with Gasteiger partial charge in [0.25, 0.3) is 11.8 Å². The van der Waals surface area contributed by atoms with E-state index in [0.717, 1.165) is 17.2 Å². The van der Waals surface area contributed by atoms with E-state index in [0.29, 0.717) is 27.6 Å². The molecule has 7 nitrogen and oxygen atoms in total. The second-order valence-electron chi connectivity index (χ2n) is 8.80. The van der Waals surface area contributed by atoms with Gasteiger partial charge in [-0.25, -0.2) is 8.78 Å². The number of pyridine rings is 2. The molecule has 1 saturated heterocycles. The van der Waals surface area contributed by atoms with Crippen LogP contribution in [-0.4, -0.2) is 51.7 Å². The molecule has 1 aliphatic heterocycles. The smallest absolute Gasteiger partial charge is 0.343 e. The minimum Gasteiger partial charge on any atom is -0.343 e. The van der Waals surface area contributed by atoms with Crippen molar-refractivity contribution >= 4 is 34.4 Å². The quantitative estimate of drug-likeness (QED) is 0.484. The molecule has 2 aromatic heterocycles. The van der Waals surface area contributed by atoms with Crippen molar-refractivity contribution in [1.29, 1.82) is 5.26 Å². The van der Waals surface area contributed by atoms with Crippen molar-refractivity contribution in [2.24, 2.45) is 0 Å². The molecule has 196 valence electrons. The van der Waals surface area contributed by atoms with Gasteiger partial charge in [0.05, 0.1) is 30.2 Å². The molecule has 0 aliphatic carbocycles. The maximum Gasteiger partial charge on any atom is 0.433 e. The lowest BCUT2D eigenvalue weighted by Crippen LogP contribution is -2.43. The summed E-state index contributed by atoms with van der Waals surface area (Å²) in [6.07, 6.45) is -1.06. The van der Waals surface area contributed by atoms with Gasteiger partial charge in [-0.1, -0.05) is 18.2 Å². The van der Waals surface area contributed by atoms with Crippen LogP contribution in [-0.2, 0) is 11.0 Å². The van der Waals surface area contributed by atoms with Crippen LogP contribution in [0.25, 0.3) is 22.6 Å². The standard InChI is InChI=1S/C26H20F5N5O2/c1-15(17-3-5-22(34-12-17)26(29,30)31)8-16-2-4-21-20(9-16)19(6-7-33-21)24(38)35-13-23(37)36-14-25(27,28)10-18(36)11-32/h2-9,12,18H,10,13-14H2,1H3,(H,35,38)/b15-8+. The van der Waals surface area contributed by atoms with Crippen LogP contribution in [0.3, 0.4) is 0 Å². The monoisotopic (exact) mass is 529 g/mol. The Kier molecular flexibility index (Phi) is 7.13. The highest BCUT2D eigenvalue weighted by atomic mass is 19.4. The van der Waals surface area contributed by atoms with Crippen LogP contribution in [0.2, 0.25) is 0 Å². The van der Waals surface area contributed by atoms with Crippen molar-refractivity contribution < 1.29 is 31.5 Å². The van der Waals surface area contributed by atoms with E-state index in [9.17, 15) is 31.5 Å². The molecule has 1 aromatic carbocycles. The Morgan fingerprint density at radius 2 is 1.97 bits per heavy atom. The number of fused-ring (bicyclic) bond motifs is 1. The topological polar surface area (TPSA) is 99.0 Å². The number of alkyl halides is 5. The summed E-state index contributed by atoms with van der Waals surface area (Å²) < 4.78 is 65.6. The van der Waals surface area contributed by atoms with Gasteiger partial charge >= 0.3 is 6.18 Å². The molecule has 0 spiro atoms. The van der Waals surface area contributed by atoms with E-state index in [1.807, 2.05) is 0 Å². The zero-order valence-electron chi connectivity index (χ0n) is 19.9. The Morgan fingerprint density at radius 1 is 1.21 bits per heavy atom. The molecule has 0 saturated carbocycles. The molecule has 4 rings (SSSR count). The van der Waals surface area contributed by atoms with Crippen LogP contribution in [0.1, 0.15) is 40.5 Å². The van der Waals surface area contributed by atoms with E-state index in [4.69, 9.17) is 5.26 Å². The fourth-order valence-electron chi connectivity index (χ4n) is 4.13. The lowest BCUT2D eigenvalue weighted by molar-refractivity contribution is -0.141. The Bertz CT molecular complexity index is 1460. The molecule has 0 bridgehead atoms. The molecule has 1 N–H and O–H groups in total. The number of carbonyl (C=O) groups excluding carboxylic acids is 2. The molecule has 1 aliphatic rings. The highest BCUT2D eigenvalue weighted by molar-refractivity contribution is 6.07. The summed E-state index contributed by atoms with van der Waals surface area (Å²) in [5.74, 6) is -4.61. The highest BCUT2D eigenvalue weighted by Crippen LogP contribution is 2.32. The number of nitrogens with zero attached hydrogens (tertiary/aromatic N) is 4. The molecule has 2 amide bonds. The highest BCUT2D eigenvalue weighted by Gasteiger charge is 2.47. The van der Waals surface area contributed by atoms with Gasteiger partial charge < -0.3 is 10.2 Å². The van der Waals surface area contributed by atoms with E-state index in [-0.39, 0.29) is 5.56 Å². The Morgan fingerprint density at radius 3 is 2.63 bits per heavy atom. The Balaban J connectivity index is 1.53. The molecular weight excluding hydrogens is 509 g/mol. The lowest BCUT2D eigenvalue weighted by Gasteiger charge is -2.19. The minimum atomic E-state index is -4.54. The van der Waals surface area contributed by atoms with Crippen LogP contribution >= 0.6 is 0 Å². The van der Waals surface area contributed by atoms with E-state index < -0.39 is 55.2 Å². The number of nitriles is 1. The Hall–Kier alpha value is -4.40. The Labute approximate surface area is 213 Å². The van der Waals surface area contributed by atoms with Crippen molar-refractivity contribution in [3.63, 3.8) is 0 Å². The molecule has 1 fully saturated rings. The third-order valence-electron chi connectivity index (χ3n) is 6.04. The predicted octanol–water partition coefficient (Wildman–Crippen LogP) is 4.70. The van der Waals surface area contributed by atoms with Crippen molar-refractivity contribution in [1.82, 2.24) is 20.2 Å². The van der Waals surface area contributed by atoms with Crippen LogP contribution in [0.15, 0.2) is 48.8 Å². The van der Waals surface area contributed by atoms with Gasteiger partial charge in [0.1, 0.15) is 11.7 Å². The summed E-state index contributed by atoms with van der Waals surface area (Å²) in [5.41, 5.74) is 1.38. The number of likely N-dealkylation sites (tertiary alicyclic amines) is 1. The third-order valence-corrected chi connectivity index (χ3v) is 6.04. The fraction of sp³-hybridized carbons (Fsp3) is 0.269. The first-order chi connectivity index (χ1) is 17.9. The van der Waals surface area contributed by atoms with Gasteiger partial charge in [-0.15, -0.1) is 0 Å². The van der Waals surface area contributed by atoms with Crippen LogP contribution in [0.5, 0.6) is 0 Å². The van der Waals surface area contributed by atoms with Gasteiger partial charge in [0.15, 0.2) is 0 Å². The molecular formula is C26H20F5N5O2. The summed E-state index contributed by atoms with van der Waals surface area (Å²) >= 11 is 0. The number of rotatable bonds is 5. The fourth-order valence-corrected chi connectivity index (χ4v) is 4.13. The van der Waals surface area contributed by atoms with Gasteiger partial charge in [0, 0.05) is 24.2 Å². The summed E-state index contributed by atoms with van der Waals surface area (Å²) in [5, 5.41) is 11.9. The van der Waals surface area contributed by atoms with Crippen molar-refractivity contribution in [3.8, 4) is 6.07 Å². The number of allylic oxidation sites excluding steroid dienone is 1. The van der Waals surface area contributed by atoms with Crippen LogP contribution in [0, 0.1) is 11.3 Å². The van der Waals surface area contributed by atoms with Gasteiger partial charge in [-0.05, 0) is 47.9 Å². The number of aromatic nitrogens is 2. The van der Waals surface area contributed by atoms with Crippen molar-refractivity contribution in [3.05, 3.63) is 71.2 Å². The number of hydrogen-bond donors (Lipinski definition) is 1. The first-order valence-electron chi connectivity index (χ1n) is 11.3. The number of nitrogens with one attached hydrogen (secondary N) is 1. The van der Waals surface area contributed by atoms with Gasteiger partial charge in [-0.3, -0.25) is 19.6 Å². The number of benzene rings is 1. The summed E-state index contributed by atoms with van der Waals surface area (Å²) in [7, 11) is 0. The SMILES string of the molecule is C/C(=C\c1ccc2nccc(C(=O)NCC(=O)N3CC(F)(F)CC3C#N)c2c1)c1ccc(C(F)(F)F)nc1. The number of amides is 2. The van der Waals surface area contributed by atoms with Crippen molar-refractivity contribution in [2.45, 2.75) is 31.5 Å². The zero-order chi connectivity index (χ0) is 27.7. The van der Waals surface area contributed by atoms with E-state index >= 15 is 0 Å². The maximum absolute atomic E-state index is 13.6. The number of hydrogen-bond acceptors (Lipinski definition) is 5.